The molecule has 1 aliphatic rings. The van der Waals surface area contributed by atoms with Gasteiger partial charge in [0, 0.05) is 18.7 Å². The Morgan fingerprint density at radius 3 is 2.55 bits per heavy atom. The van der Waals surface area contributed by atoms with Crippen molar-refractivity contribution < 1.29 is 19.4 Å². The third kappa shape index (κ3) is 3.84. The summed E-state index contributed by atoms with van der Waals surface area (Å²) < 4.78 is 5.16. The fourth-order valence-corrected chi connectivity index (χ4v) is 2.79. The van der Waals surface area contributed by atoms with Gasteiger partial charge in [0.05, 0.1) is 5.60 Å². The lowest BCUT2D eigenvalue weighted by atomic mass is 9.94. The molecule has 0 aromatic carbocycles. The van der Waals surface area contributed by atoms with Crippen molar-refractivity contribution in [1.29, 1.82) is 0 Å². The van der Waals surface area contributed by atoms with E-state index < -0.39 is 11.6 Å². The van der Waals surface area contributed by atoms with Gasteiger partial charge in [0.1, 0.15) is 5.76 Å². The van der Waals surface area contributed by atoms with Crippen LogP contribution < -0.4 is 5.32 Å². The van der Waals surface area contributed by atoms with E-state index in [0.717, 1.165) is 31.2 Å². The van der Waals surface area contributed by atoms with Crippen LogP contribution in [0, 0.1) is 6.92 Å². The van der Waals surface area contributed by atoms with Gasteiger partial charge < -0.3 is 19.9 Å². The molecule has 20 heavy (non-hydrogen) atoms. The van der Waals surface area contributed by atoms with E-state index in [4.69, 9.17) is 9.52 Å². The summed E-state index contributed by atoms with van der Waals surface area (Å²) in [6.45, 7) is 2.81. The van der Waals surface area contributed by atoms with Gasteiger partial charge in [-0.2, -0.15) is 0 Å². The Morgan fingerprint density at radius 2 is 2.00 bits per heavy atom. The molecule has 0 bridgehead atoms. The van der Waals surface area contributed by atoms with Crippen LogP contribution in [0.25, 0.3) is 0 Å². The van der Waals surface area contributed by atoms with Gasteiger partial charge in [0.25, 0.3) is 0 Å². The molecule has 5 nitrogen and oxygen atoms in total. The second-order valence-electron chi connectivity index (χ2n) is 5.74. The maximum atomic E-state index is 10.8. The number of carboxylic acids is 1. The Kier molecular flexibility index (Phi) is 4.83. The van der Waals surface area contributed by atoms with Gasteiger partial charge in [-0.3, -0.25) is 0 Å². The van der Waals surface area contributed by atoms with Crippen LogP contribution in [0.15, 0.2) is 10.5 Å². The number of nitrogens with one attached hydrogen (secondary N) is 1. The third-order valence-electron chi connectivity index (χ3n) is 4.04. The van der Waals surface area contributed by atoms with Crippen molar-refractivity contribution in [3.05, 3.63) is 23.2 Å². The summed E-state index contributed by atoms with van der Waals surface area (Å²) in [7, 11) is 0. The highest BCUT2D eigenvalue weighted by Gasteiger charge is 2.27. The monoisotopic (exact) mass is 281 g/mol. The molecule has 0 saturated heterocycles. The highest BCUT2D eigenvalue weighted by Crippen LogP contribution is 2.26. The normalized spacial score (nSPS) is 18.7. The van der Waals surface area contributed by atoms with Crippen molar-refractivity contribution in [2.75, 3.05) is 6.54 Å². The molecule has 1 heterocycles. The molecule has 0 aliphatic heterocycles. The number of carboxylic acid groups (broad SMARTS) is 1. The number of aliphatic hydroxyl groups is 1. The lowest BCUT2D eigenvalue weighted by molar-refractivity contribution is 0.0250. The summed E-state index contributed by atoms with van der Waals surface area (Å²) in [6, 6.07) is 1.54. The highest BCUT2D eigenvalue weighted by atomic mass is 16.4. The summed E-state index contributed by atoms with van der Waals surface area (Å²) >= 11 is 0. The SMILES string of the molecule is Cc1oc(C(=O)O)cc1CNCC1(O)CCCCCC1. The van der Waals surface area contributed by atoms with E-state index in [1.807, 2.05) is 0 Å². The van der Waals surface area contributed by atoms with E-state index in [1.165, 1.54) is 12.8 Å². The molecule has 3 N–H and O–H groups in total. The lowest BCUT2D eigenvalue weighted by Gasteiger charge is -2.26. The van der Waals surface area contributed by atoms with Gasteiger partial charge in [-0.25, -0.2) is 4.79 Å². The van der Waals surface area contributed by atoms with Gasteiger partial charge in [-0.1, -0.05) is 25.7 Å². The standard InChI is InChI=1S/C15H23NO4/c1-11-12(8-13(20-11)14(17)18)9-16-10-15(19)6-4-2-3-5-7-15/h8,16,19H,2-7,9-10H2,1H3,(H,17,18). The number of carbonyl (C=O) groups is 1. The molecular formula is C15H23NO4. The van der Waals surface area contributed by atoms with E-state index in [0.29, 0.717) is 18.8 Å². The van der Waals surface area contributed by atoms with E-state index in [9.17, 15) is 9.90 Å². The zero-order valence-corrected chi connectivity index (χ0v) is 11.9. The van der Waals surface area contributed by atoms with Crippen LogP contribution in [-0.2, 0) is 6.54 Å². The molecule has 0 spiro atoms. The minimum atomic E-state index is -1.05. The first kappa shape index (κ1) is 15.1. The number of hydrogen-bond donors (Lipinski definition) is 3. The fraction of sp³-hybridized carbons (Fsp3) is 0.667. The zero-order chi connectivity index (χ0) is 14.6. The molecule has 2 rings (SSSR count). The first-order chi connectivity index (χ1) is 9.50. The summed E-state index contributed by atoms with van der Waals surface area (Å²) in [5.74, 6) is -0.475. The Balaban J connectivity index is 1.87. The van der Waals surface area contributed by atoms with Crippen molar-refractivity contribution in [1.82, 2.24) is 5.32 Å². The topological polar surface area (TPSA) is 82.7 Å². The molecular weight excluding hydrogens is 258 g/mol. The van der Waals surface area contributed by atoms with Gasteiger partial charge >= 0.3 is 5.97 Å². The number of aryl methyl sites for hydroxylation is 1. The summed E-state index contributed by atoms with van der Waals surface area (Å²) in [5.41, 5.74) is 0.212. The quantitative estimate of drug-likeness (QED) is 0.722. The van der Waals surface area contributed by atoms with Gasteiger partial charge in [-0.05, 0) is 25.8 Å². The van der Waals surface area contributed by atoms with Crippen molar-refractivity contribution >= 4 is 5.97 Å². The second-order valence-corrected chi connectivity index (χ2v) is 5.74. The molecule has 0 amide bonds. The number of hydrogen-bond acceptors (Lipinski definition) is 4. The van der Waals surface area contributed by atoms with Crippen LogP contribution in [0.1, 0.15) is 60.4 Å². The molecule has 0 atom stereocenters. The fourth-order valence-electron chi connectivity index (χ4n) is 2.79. The molecule has 5 heteroatoms. The van der Waals surface area contributed by atoms with Crippen LogP contribution in [-0.4, -0.2) is 28.3 Å². The number of aromatic carboxylic acids is 1. The minimum Gasteiger partial charge on any atom is -0.475 e. The van der Waals surface area contributed by atoms with Crippen LogP contribution in [0.4, 0.5) is 0 Å². The number of furan rings is 1. The Morgan fingerprint density at radius 1 is 1.35 bits per heavy atom. The maximum absolute atomic E-state index is 10.8. The first-order valence-electron chi connectivity index (χ1n) is 7.26. The molecule has 1 fully saturated rings. The van der Waals surface area contributed by atoms with Crippen molar-refractivity contribution in [3.63, 3.8) is 0 Å². The predicted molar refractivity (Wildman–Crippen MR) is 74.8 cm³/mol. The Bertz CT molecular complexity index is 458. The Hall–Kier alpha value is -1.33. The van der Waals surface area contributed by atoms with Crippen LogP contribution in [0.2, 0.25) is 0 Å². The largest absolute Gasteiger partial charge is 0.475 e. The molecule has 0 radical (unpaired) electrons. The zero-order valence-electron chi connectivity index (χ0n) is 11.9. The Labute approximate surface area is 119 Å². The maximum Gasteiger partial charge on any atom is 0.371 e. The van der Waals surface area contributed by atoms with Crippen molar-refractivity contribution in [2.45, 2.75) is 57.6 Å². The third-order valence-corrected chi connectivity index (χ3v) is 4.04. The van der Waals surface area contributed by atoms with Gasteiger partial charge in [0.15, 0.2) is 0 Å². The smallest absolute Gasteiger partial charge is 0.371 e. The van der Waals surface area contributed by atoms with Crippen LogP contribution >= 0.6 is 0 Å². The van der Waals surface area contributed by atoms with Crippen LogP contribution in [0.3, 0.4) is 0 Å². The summed E-state index contributed by atoms with van der Waals surface area (Å²) in [6.07, 6.45) is 6.23. The van der Waals surface area contributed by atoms with Gasteiger partial charge in [0.2, 0.25) is 5.76 Å². The molecule has 1 aromatic heterocycles. The van der Waals surface area contributed by atoms with E-state index in [2.05, 4.69) is 5.32 Å². The average Bonchev–Trinajstić information content (AvgIpc) is 2.62. The molecule has 1 aromatic rings. The van der Waals surface area contributed by atoms with Crippen LogP contribution in [0.5, 0.6) is 0 Å². The molecule has 112 valence electrons. The van der Waals surface area contributed by atoms with E-state index in [-0.39, 0.29) is 5.76 Å². The predicted octanol–water partition coefficient (Wildman–Crippen LogP) is 2.46. The average molecular weight is 281 g/mol. The van der Waals surface area contributed by atoms with E-state index in [1.54, 1.807) is 13.0 Å². The van der Waals surface area contributed by atoms with Crippen molar-refractivity contribution in [3.8, 4) is 0 Å². The first-order valence-corrected chi connectivity index (χ1v) is 7.26. The lowest BCUT2D eigenvalue weighted by Crippen LogP contribution is -2.39. The molecule has 1 aliphatic carbocycles. The van der Waals surface area contributed by atoms with Crippen molar-refractivity contribution in [2.24, 2.45) is 0 Å². The number of rotatable bonds is 5. The summed E-state index contributed by atoms with van der Waals surface area (Å²) in [4.78, 5) is 10.8. The summed E-state index contributed by atoms with van der Waals surface area (Å²) in [5, 5.41) is 22.6. The van der Waals surface area contributed by atoms with Gasteiger partial charge in [-0.15, -0.1) is 0 Å². The van der Waals surface area contributed by atoms with E-state index >= 15 is 0 Å². The highest BCUT2D eigenvalue weighted by molar-refractivity contribution is 5.84. The second kappa shape index (κ2) is 6.41. The minimum absolute atomic E-state index is 0.0347. The molecule has 1 saturated carbocycles. The molecule has 0 unspecified atom stereocenters.